The Labute approximate surface area is 204 Å². The van der Waals surface area contributed by atoms with E-state index >= 15 is 0 Å². The Balaban J connectivity index is 1.61. The van der Waals surface area contributed by atoms with Crippen molar-refractivity contribution in [1.29, 1.82) is 0 Å². The lowest BCUT2D eigenvalue weighted by Gasteiger charge is -2.30. The number of pyridine rings is 1. The van der Waals surface area contributed by atoms with Gasteiger partial charge in [0.05, 0.1) is 6.61 Å². The maximum Gasteiger partial charge on any atom is 0.425 e. The van der Waals surface area contributed by atoms with Gasteiger partial charge in [-0.25, -0.2) is 0 Å². The highest BCUT2D eigenvalue weighted by Crippen LogP contribution is 2.49. The molecule has 0 saturated heterocycles. The molecule has 0 spiro atoms. The van der Waals surface area contributed by atoms with E-state index in [1.54, 1.807) is 43.6 Å². The van der Waals surface area contributed by atoms with Gasteiger partial charge in [-0.05, 0) is 71.2 Å². The number of carbonyl (C=O) groups excluding carboxylic acids is 1. The van der Waals surface area contributed by atoms with Gasteiger partial charge in [0, 0.05) is 34.5 Å². The summed E-state index contributed by atoms with van der Waals surface area (Å²) in [6.07, 6.45) is -0.400. The van der Waals surface area contributed by atoms with E-state index in [1.165, 1.54) is 18.2 Å². The summed E-state index contributed by atoms with van der Waals surface area (Å²) >= 11 is 11.9. The Hall–Kier alpha value is -2.87. The minimum atomic E-state index is -4.75. The highest BCUT2D eigenvalue weighted by molar-refractivity contribution is 6.34. The SMILES string of the molecule is Cc1cc(C2=CC(c3cc(Cl)cc(Cl)c3)(C(F)(F)F)OC2)ccc1C(=O)NCc1cccnc1. The molecule has 3 aromatic rings. The summed E-state index contributed by atoms with van der Waals surface area (Å²) in [5.74, 6) is -0.289. The molecule has 1 unspecified atom stereocenters. The highest BCUT2D eigenvalue weighted by atomic mass is 35.5. The van der Waals surface area contributed by atoms with Crippen LogP contribution in [0.25, 0.3) is 5.57 Å². The van der Waals surface area contributed by atoms with Crippen molar-refractivity contribution in [1.82, 2.24) is 10.3 Å². The molecular formula is C25H19Cl2F3N2O2. The van der Waals surface area contributed by atoms with E-state index in [1.807, 2.05) is 6.07 Å². The number of hydrogen-bond acceptors (Lipinski definition) is 3. The third kappa shape index (κ3) is 4.82. The molecule has 1 aromatic heterocycles. The summed E-state index contributed by atoms with van der Waals surface area (Å²) in [5, 5.41) is 2.97. The van der Waals surface area contributed by atoms with Gasteiger partial charge >= 0.3 is 6.18 Å². The van der Waals surface area contributed by atoms with Crippen LogP contribution < -0.4 is 5.32 Å². The van der Waals surface area contributed by atoms with Gasteiger partial charge in [-0.3, -0.25) is 9.78 Å². The molecule has 34 heavy (non-hydrogen) atoms. The normalized spacial score (nSPS) is 18.0. The van der Waals surface area contributed by atoms with Crippen LogP contribution in [0.4, 0.5) is 13.2 Å². The molecule has 1 atom stereocenters. The molecule has 1 N–H and O–H groups in total. The third-order valence-electron chi connectivity index (χ3n) is 5.56. The van der Waals surface area contributed by atoms with Crippen molar-refractivity contribution in [3.05, 3.63) is 105 Å². The molecule has 0 radical (unpaired) electrons. The predicted molar refractivity (Wildman–Crippen MR) is 125 cm³/mol. The Morgan fingerprint density at radius 2 is 1.88 bits per heavy atom. The van der Waals surface area contributed by atoms with Crippen LogP contribution in [0.1, 0.15) is 32.6 Å². The van der Waals surface area contributed by atoms with Gasteiger partial charge in [0.25, 0.3) is 5.91 Å². The topological polar surface area (TPSA) is 51.2 Å². The van der Waals surface area contributed by atoms with Crippen LogP contribution in [0.5, 0.6) is 0 Å². The van der Waals surface area contributed by atoms with Gasteiger partial charge in [0.15, 0.2) is 0 Å². The number of aromatic nitrogens is 1. The first-order valence-electron chi connectivity index (χ1n) is 10.3. The highest BCUT2D eigenvalue weighted by Gasteiger charge is 2.58. The first-order valence-corrected chi connectivity index (χ1v) is 11.0. The number of carbonyl (C=O) groups is 1. The number of nitrogens with zero attached hydrogens (tertiary/aromatic N) is 1. The van der Waals surface area contributed by atoms with E-state index in [0.717, 1.165) is 11.6 Å². The number of nitrogens with one attached hydrogen (secondary N) is 1. The number of rotatable bonds is 5. The summed E-state index contributed by atoms with van der Waals surface area (Å²) in [6, 6.07) is 12.2. The van der Waals surface area contributed by atoms with Crippen LogP contribution in [-0.2, 0) is 16.9 Å². The molecule has 1 amide bonds. The Kier molecular flexibility index (Phi) is 6.71. The van der Waals surface area contributed by atoms with E-state index in [-0.39, 0.29) is 28.1 Å². The molecule has 2 heterocycles. The number of ether oxygens (including phenoxy) is 1. The van der Waals surface area contributed by atoms with Crippen molar-refractivity contribution in [3.63, 3.8) is 0 Å². The van der Waals surface area contributed by atoms with Crippen molar-refractivity contribution in [3.8, 4) is 0 Å². The van der Waals surface area contributed by atoms with E-state index in [0.29, 0.717) is 28.8 Å². The first kappa shape index (κ1) is 24.3. The third-order valence-corrected chi connectivity index (χ3v) is 6.00. The lowest BCUT2D eigenvalue weighted by molar-refractivity contribution is -0.254. The van der Waals surface area contributed by atoms with Crippen LogP contribution >= 0.6 is 23.2 Å². The second-order valence-electron chi connectivity index (χ2n) is 7.92. The quantitative estimate of drug-likeness (QED) is 0.429. The fourth-order valence-corrected chi connectivity index (χ4v) is 4.37. The van der Waals surface area contributed by atoms with E-state index < -0.39 is 11.8 Å². The average molecular weight is 507 g/mol. The van der Waals surface area contributed by atoms with E-state index in [9.17, 15) is 18.0 Å². The van der Waals surface area contributed by atoms with Crippen LogP contribution in [0, 0.1) is 6.92 Å². The summed E-state index contributed by atoms with van der Waals surface area (Å²) < 4.78 is 48.0. The molecule has 0 fully saturated rings. The number of amides is 1. The minimum absolute atomic E-state index is 0.0778. The standard InChI is InChI=1S/C25H19Cl2F3N2O2/c1-15-7-17(4-5-22(15)23(33)32-13-16-3-2-6-31-12-16)18-11-24(34-14-18,25(28,29)30)19-8-20(26)10-21(27)9-19/h2-12H,13-14H2,1H3,(H,32,33). The molecule has 1 aliphatic heterocycles. The molecular weight excluding hydrogens is 488 g/mol. The zero-order chi connectivity index (χ0) is 24.5. The van der Waals surface area contributed by atoms with Gasteiger partial charge < -0.3 is 10.1 Å². The number of alkyl halides is 3. The lowest BCUT2D eigenvalue weighted by atomic mass is 9.90. The summed E-state index contributed by atoms with van der Waals surface area (Å²) in [4.78, 5) is 16.6. The van der Waals surface area contributed by atoms with Crippen molar-refractivity contribution in [2.75, 3.05) is 6.61 Å². The molecule has 1 aliphatic rings. The zero-order valence-electron chi connectivity index (χ0n) is 17.9. The van der Waals surface area contributed by atoms with Crippen LogP contribution in [0.3, 0.4) is 0 Å². The lowest BCUT2D eigenvalue weighted by Crippen LogP contribution is -2.41. The molecule has 2 aromatic carbocycles. The number of benzene rings is 2. The van der Waals surface area contributed by atoms with Crippen molar-refractivity contribution in [2.24, 2.45) is 0 Å². The fourth-order valence-electron chi connectivity index (χ4n) is 3.85. The van der Waals surface area contributed by atoms with Gasteiger partial charge in [0.2, 0.25) is 5.60 Å². The van der Waals surface area contributed by atoms with E-state index in [2.05, 4.69) is 10.3 Å². The van der Waals surface area contributed by atoms with Gasteiger partial charge in [-0.15, -0.1) is 0 Å². The van der Waals surface area contributed by atoms with E-state index in [4.69, 9.17) is 27.9 Å². The molecule has 0 saturated carbocycles. The number of halogens is 5. The van der Waals surface area contributed by atoms with Crippen molar-refractivity contribution in [2.45, 2.75) is 25.2 Å². The Morgan fingerprint density at radius 3 is 2.50 bits per heavy atom. The monoisotopic (exact) mass is 506 g/mol. The minimum Gasteiger partial charge on any atom is -0.352 e. The van der Waals surface area contributed by atoms with Crippen LogP contribution in [0.15, 0.2) is 67.0 Å². The Morgan fingerprint density at radius 1 is 1.15 bits per heavy atom. The molecule has 9 heteroatoms. The second kappa shape index (κ2) is 9.41. The predicted octanol–water partition coefficient (Wildman–Crippen LogP) is 6.50. The summed E-state index contributed by atoms with van der Waals surface area (Å²) in [5.41, 5.74) is -0.101. The molecule has 4 nitrogen and oxygen atoms in total. The summed E-state index contributed by atoms with van der Waals surface area (Å²) in [6.45, 7) is 1.77. The van der Waals surface area contributed by atoms with Gasteiger partial charge in [-0.2, -0.15) is 13.2 Å². The van der Waals surface area contributed by atoms with Crippen LogP contribution in [-0.4, -0.2) is 23.7 Å². The van der Waals surface area contributed by atoms with Crippen molar-refractivity contribution < 1.29 is 22.7 Å². The second-order valence-corrected chi connectivity index (χ2v) is 8.80. The van der Waals surface area contributed by atoms with Crippen LogP contribution in [0.2, 0.25) is 10.0 Å². The maximum atomic E-state index is 14.2. The zero-order valence-corrected chi connectivity index (χ0v) is 19.4. The summed E-state index contributed by atoms with van der Waals surface area (Å²) in [7, 11) is 0. The smallest absolute Gasteiger partial charge is 0.352 e. The number of aryl methyl sites for hydroxylation is 1. The number of hydrogen-bond donors (Lipinski definition) is 1. The first-order chi connectivity index (χ1) is 16.1. The molecule has 176 valence electrons. The van der Waals surface area contributed by atoms with Gasteiger partial charge in [0.1, 0.15) is 0 Å². The largest absolute Gasteiger partial charge is 0.425 e. The van der Waals surface area contributed by atoms with Crippen molar-refractivity contribution >= 4 is 34.7 Å². The maximum absolute atomic E-state index is 14.2. The molecule has 4 rings (SSSR count). The molecule has 0 aliphatic carbocycles. The average Bonchev–Trinajstić information content (AvgIpc) is 3.25. The van der Waals surface area contributed by atoms with Gasteiger partial charge in [-0.1, -0.05) is 41.4 Å². The Bertz CT molecular complexity index is 1240. The molecule has 0 bridgehead atoms. The fraction of sp³-hybridized carbons (Fsp3) is 0.200.